The molecule has 0 nitrogen and oxygen atoms in total. The number of allylic oxidation sites excluding steroid dienone is 9. The SMILES string of the molecule is C=C/C=C(\C=C/C)c1ccc(-c2ccc(-c3ccc4c(c3)C(C)(C)C(C=C(C)C)=C4CC)cc2)cc1. The number of hydrogen-bond donors (Lipinski definition) is 0. The van der Waals surface area contributed by atoms with E-state index in [1.54, 1.807) is 0 Å². The lowest BCUT2D eigenvalue weighted by Gasteiger charge is -2.24. The zero-order valence-corrected chi connectivity index (χ0v) is 22.7. The second kappa shape index (κ2) is 10.5. The Hall–Kier alpha value is -3.64. The molecule has 182 valence electrons. The average Bonchev–Trinajstić information content (AvgIpc) is 3.09. The van der Waals surface area contributed by atoms with Crippen LogP contribution in [0.1, 0.15) is 64.7 Å². The van der Waals surface area contributed by atoms with Crippen molar-refractivity contribution in [3.05, 3.63) is 132 Å². The second-order valence-corrected chi connectivity index (χ2v) is 10.4. The van der Waals surface area contributed by atoms with Crippen LogP contribution in [0.5, 0.6) is 0 Å². The van der Waals surface area contributed by atoms with Gasteiger partial charge in [-0.05, 0) is 88.9 Å². The molecule has 0 spiro atoms. The molecule has 0 heteroatoms. The summed E-state index contributed by atoms with van der Waals surface area (Å²) in [5, 5.41) is 0. The smallest absolute Gasteiger partial charge is 0.0155 e. The molecule has 0 fully saturated rings. The molecule has 4 rings (SSSR count). The van der Waals surface area contributed by atoms with Crippen molar-refractivity contribution >= 4 is 11.1 Å². The molecule has 0 atom stereocenters. The molecule has 1 aliphatic rings. The van der Waals surface area contributed by atoms with Crippen LogP contribution in [0.15, 0.2) is 115 Å². The van der Waals surface area contributed by atoms with Crippen molar-refractivity contribution < 1.29 is 0 Å². The maximum absolute atomic E-state index is 3.84. The molecule has 3 aromatic rings. The quantitative estimate of drug-likeness (QED) is 0.301. The largest absolute Gasteiger partial charge is 0.0990 e. The minimum absolute atomic E-state index is 0.0154. The van der Waals surface area contributed by atoms with Crippen LogP contribution >= 0.6 is 0 Å². The van der Waals surface area contributed by atoms with Gasteiger partial charge < -0.3 is 0 Å². The Morgan fingerprint density at radius 2 is 1.39 bits per heavy atom. The van der Waals surface area contributed by atoms with Gasteiger partial charge in [-0.3, -0.25) is 0 Å². The summed E-state index contributed by atoms with van der Waals surface area (Å²) in [5.74, 6) is 0. The summed E-state index contributed by atoms with van der Waals surface area (Å²) in [6, 6.07) is 24.8. The maximum atomic E-state index is 3.84. The lowest BCUT2D eigenvalue weighted by molar-refractivity contribution is 0.653. The number of hydrogen-bond acceptors (Lipinski definition) is 0. The minimum Gasteiger partial charge on any atom is -0.0990 e. The van der Waals surface area contributed by atoms with Crippen molar-refractivity contribution in [2.45, 2.75) is 53.4 Å². The highest BCUT2D eigenvalue weighted by atomic mass is 14.4. The summed E-state index contributed by atoms with van der Waals surface area (Å²) < 4.78 is 0. The molecule has 0 bridgehead atoms. The monoisotopic (exact) mass is 470 g/mol. The Morgan fingerprint density at radius 1 is 0.833 bits per heavy atom. The fourth-order valence-electron chi connectivity index (χ4n) is 5.37. The van der Waals surface area contributed by atoms with E-state index >= 15 is 0 Å². The highest BCUT2D eigenvalue weighted by Crippen LogP contribution is 2.49. The van der Waals surface area contributed by atoms with Gasteiger partial charge in [0.1, 0.15) is 0 Å². The van der Waals surface area contributed by atoms with E-state index in [2.05, 4.69) is 126 Å². The van der Waals surface area contributed by atoms with Crippen molar-refractivity contribution in [3.8, 4) is 22.3 Å². The van der Waals surface area contributed by atoms with Crippen molar-refractivity contribution in [2.24, 2.45) is 0 Å². The van der Waals surface area contributed by atoms with Crippen LogP contribution in [0.25, 0.3) is 33.4 Å². The van der Waals surface area contributed by atoms with E-state index in [1.807, 2.05) is 19.1 Å². The fourth-order valence-corrected chi connectivity index (χ4v) is 5.37. The van der Waals surface area contributed by atoms with E-state index < -0.39 is 0 Å². The van der Waals surface area contributed by atoms with Gasteiger partial charge in [0.25, 0.3) is 0 Å². The van der Waals surface area contributed by atoms with Gasteiger partial charge in [-0.2, -0.15) is 0 Å². The minimum atomic E-state index is 0.0154. The number of fused-ring (bicyclic) bond motifs is 1. The third-order valence-electron chi connectivity index (χ3n) is 7.22. The molecule has 0 aromatic heterocycles. The van der Waals surface area contributed by atoms with Crippen LogP contribution in [0.3, 0.4) is 0 Å². The van der Waals surface area contributed by atoms with Gasteiger partial charge in [0.05, 0.1) is 0 Å². The van der Waals surface area contributed by atoms with E-state index in [4.69, 9.17) is 0 Å². The summed E-state index contributed by atoms with van der Waals surface area (Å²) >= 11 is 0. The third kappa shape index (κ3) is 4.86. The Balaban J connectivity index is 1.63. The molecular weight excluding hydrogens is 432 g/mol. The number of rotatable bonds is 7. The molecule has 0 aliphatic heterocycles. The van der Waals surface area contributed by atoms with Gasteiger partial charge in [0, 0.05) is 5.41 Å². The van der Waals surface area contributed by atoms with Crippen LogP contribution < -0.4 is 0 Å². The Bertz CT molecular complexity index is 1380. The van der Waals surface area contributed by atoms with Crippen LogP contribution in [-0.4, -0.2) is 0 Å². The number of benzene rings is 3. The lowest BCUT2D eigenvalue weighted by Crippen LogP contribution is -2.16. The van der Waals surface area contributed by atoms with Gasteiger partial charge in [-0.15, -0.1) is 0 Å². The third-order valence-corrected chi connectivity index (χ3v) is 7.22. The van der Waals surface area contributed by atoms with Gasteiger partial charge in [0.2, 0.25) is 0 Å². The lowest BCUT2D eigenvalue weighted by atomic mass is 9.79. The summed E-state index contributed by atoms with van der Waals surface area (Å²) in [6.45, 7) is 17.3. The molecule has 0 amide bonds. The molecule has 1 aliphatic carbocycles. The van der Waals surface area contributed by atoms with E-state index in [0.717, 1.165) is 6.42 Å². The predicted octanol–water partition coefficient (Wildman–Crippen LogP) is 10.6. The van der Waals surface area contributed by atoms with Gasteiger partial charge in [-0.25, -0.2) is 0 Å². The molecule has 0 saturated heterocycles. The first-order chi connectivity index (χ1) is 17.3. The standard InChI is InChI=1S/C36H38/c1-8-11-26(12-9-2)27-13-15-28(16-14-27)29-17-19-30(20-18-29)31-21-22-33-32(10-3)34(23-25(4)5)36(6,7)35(33)24-31/h8-9,11-24H,1,10H2,2-7H3/b12-9-,26-11+. The highest BCUT2D eigenvalue weighted by molar-refractivity contribution is 5.85. The van der Waals surface area contributed by atoms with Crippen LogP contribution in [0.2, 0.25) is 0 Å². The van der Waals surface area contributed by atoms with Crippen molar-refractivity contribution in [1.82, 2.24) is 0 Å². The molecule has 0 heterocycles. The van der Waals surface area contributed by atoms with E-state index in [-0.39, 0.29) is 5.41 Å². The van der Waals surface area contributed by atoms with Crippen molar-refractivity contribution in [2.75, 3.05) is 0 Å². The second-order valence-electron chi connectivity index (χ2n) is 10.4. The fraction of sp³-hybridized carbons (Fsp3) is 0.222. The normalized spacial score (nSPS) is 14.8. The summed E-state index contributed by atoms with van der Waals surface area (Å²) in [5.41, 5.74) is 14.5. The topological polar surface area (TPSA) is 0 Å². The molecule has 0 radical (unpaired) electrons. The summed E-state index contributed by atoms with van der Waals surface area (Å²) in [7, 11) is 0. The van der Waals surface area contributed by atoms with Gasteiger partial charge >= 0.3 is 0 Å². The summed E-state index contributed by atoms with van der Waals surface area (Å²) in [4.78, 5) is 0. The Morgan fingerprint density at radius 3 is 1.92 bits per heavy atom. The van der Waals surface area contributed by atoms with Crippen LogP contribution in [0.4, 0.5) is 0 Å². The molecule has 0 saturated carbocycles. The van der Waals surface area contributed by atoms with E-state index in [0.29, 0.717) is 0 Å². The summed E-state index contributed by atoms with van der Waals surface area (Å²) in [6.07, 6.45) is 11.5. The molecular formula is C36H38. The predicted molar refractivity (Wildman–Crippen MR) is 160 cm³/mol. The molecule has 0 unspecified atom stereocenters. The first-order valence-corrected chi connectivity index (χ1v) is 13.0. The van der Waals surface area contributed by atoms with Crippen LogP contribution in [0, 0.1) is 0 Å². The van der Waals surface area contributed by atoms with Gasteiger partial charge in [0.15, 0.2) is 0 Å². The highest BCUT2D eigenvalue weighted by Gasteiger charge is 2.36. The van der Waals surface area contributed by atoms with Crippen LogP contribution in [-0.2, 0) is 5.41 Å². The van der Waals surface area contributed by atoms with E-state index in [1.165, 1.54) is 61.2 Å². The zero-order chi connectivity index (χ0) is 25.9. The van der Waals surface area contributed by atoms with Crippen molar-refractivity contribution in [1.29, 1.82) is 0 Å². The van der Waals surface area contributed by atoms with E-state index in [9.17, 15) is 0 Å². The molecule has 3 aromatic carbocycles. The first-order valence-electron chi connectivity index (χ1n) is 13.0. The van der Waals surface area contributed by atoms with Gasteiger partial charge in [-0.1, -0.05) is 124 Å². The first kappa shape index (κ1) is 25.5. The van der Waals surface area contributed by atoms with Crippen molar-refractivity contribution in [3.63, 3.8) is 0 Å². The zero-order valence-electron chi connectivity index (χ0n) is 22.7. The molecule has 36 heavy (non-hydrogen) atoms. The Labute approximate surface area is 218 Å². The Kier molecular flexibility index (Phi) is 7.45. The average molecular weight is 471 g/mol. The maximum Gasteiger partial charge on any atom is 0.0155 e. The molecule has 0 N–H and O–H groups in total.